The van der Waals surface area contributed by atoms with Gasteiger partial charge in [0, 0.05) is 17.8 Å². The van der Waals surface area contributed by atoms with Crippen molar-refractivity contribution in [1.29, 1.82) is 0 Å². The molecule has 3 N–H and O–H groups in total. The molecule has 3 heterocycles. The average Bonchev–Trinajstić information content (AvgIpc) is 3.29. The molecule has 8 nitrogen and oxygen atoms in total. The van der Waals surface area contributed by atoms with Gasteiger partial charge in [-0.25, -0.2) is 4.98 Å². The maximum absolute atomic E-state index is 11.5. The molecule has 0 saturated carbocycles. The van der Waals surface area contributed by atoms with Gasteiger partial charge in [-0.05, 0) is 25.1 Å². The Bertz CT molecular complexity index is 1070. The largest absolute Gasteiger partial charge is 0.491 e. The molecule has 3 aromatic rings. The third-order valence-electron chi connectivity index (χ3n) is 4.23. The minimum absolute atomic E-state index is 0.198. The monoisotopic (exact) mass is 364 g/mol. The second-order valence-electron chi connectivity index (χ2n) is 6.27. The summed E-state index contributed by atoms with van der Waals surface area (Å²) in [6.45, 7) is 2.53. The summed E-state index contributed by atoms with van der Waals surface area (Å²) < 4.78 is 12.3. The van der Waals surface area contributed by atoms with E-state index in [4.69, 9.17) is 15.0 Å². The molecule has 1 aromatic carbocycles. The van der Waals surface area contributed by atoms with Gasteiger partial charge in [0.15, 0.2) is 5.60 Å². The topological polar surface area (TPSA) is 116 Å². The SMILES string of the molecule is C[C@@](O)(C#Cc1ccc2c(c1)-c1nc(C(N)=O)cn1CCO2)c1ccon1. The number of primary amides is 1. The van der Waals surface area contributed by atoms with Gasteiger partial charge in [-0.1, -0.05) is 17.0 Å². The molecule has 1 aliphatic heterocycles. The third kappa shape index (κ3) is 3.16. The number of carbonyl (C=O) groups is 1. The van der Waals surface area contributed by atoms with Gasteiger partial charge in [-0.2, -0.15) is 0 Å². The van der Waals surface area contributed by atoms with Crippen molar-refractivity contribution >= 4 is 5.91 Å². The minimum atomic E-state index is -1.45. The predicted octanol–water partition coefficient (Wildman–Crippen LogP) is 1.29. The zero-order valence-electron chi connectivity index (χ0n) is 14.5. The molecular formula is C19H16N4O4. The lowest BCUT2D eigenvalue weighted by atomic mass is 10.0. The number of aliphatic hydroxyl groups is 1. The zero-order chi connectivity index (χ0) is 19.0. The summed E-state index contributed by atoms with van der Waals surface area (Å²) in [4.78, 5) is 15.8. The lowest BCUT2D eigenvalue weighted by molar-refractivity contribution is 0.0995. The molecule has 0 bridgehead atoms. The highest BCUT2D eigenvalue weighted by Crippen LogP contribution is 2.32. The Morgan fingerprint density at radius 3 is 3.00 bits per heavy atom. The first-order chi connectivity index (χ1) is 12.9. The first kappa shape index (κ1) is 16.9. The number of fused-ring (bicyclic) bond motifs is 3. The molecule has 1 atom stereocenters. The number of rotatable bonds is 2. The van der Waals surface area contributed by atoms with E-state index >= 15 is 0 Å². The Morgan fingerprint density at radius 1 is 1.41 bits per heavy atom. The number of hydrogen-bond acceptors (Lipinski definition) is 6. The Hall–Kier alpha value is -3.57. The zero-order valence-corrected chi connectivity index (χ0v) is 14.5. The number of carbonyl (C=O) groups excluding carboxylic acids is 1. The second-order valence-corrected chi connectivity index (χ2v) is 6.27. The van der Waals surface area contributed by atoms with E-state index in [1.165, 1.54) is 13.2 Å². The molecule has 0 saturated heterocycles. The summed E-state index contributed by atoms with van der Waals surface area (Å²) in [5.74, 6) is 6.37. The number of benzene rings is 1. The molecule has 136 valence electrons. The number of hydrogen-bond donors (Lipinski definition) is 2. The first-order valence-electron chi connectivity index (χ1n) is 8.25. The highest BCUT2D eigenvalue weighted by atomic mass is 16.5. The van der Waals surface area contributed by atoms with Crippen molar-refractivity contribution in [2.45, 2.75) is 19.1 Å². The number of nitrogens with zero attached hydrogens (tertiary/aromatic N) is 3. The van der Waals surface area contributed by atoms with Crippen LogP contribution in [0.2, 0.25) is 0 Å². The molecule has 1 amide bonds. The van der Waals surface area contributed by atoms with Crippen molar-refractivity contribution in [3.63, 3.8) is 0 Å². The highest BCUT2D eigenvalue weighted by molar-refractivity contribution is 5.91. The van der Waals surface area contributed by atoms with Gasteiger partial charge in [-0.3, -0.25) is 4.79 Å². The summed E-state index contributed by atoms with van der Waals surface area (Å²) in [6, 6.07) is 6.94. The minimum Gasteiger partial charge on any atom is -0.491 e. The van der Waals surface area contributed by atoms with Crippen LogP contribution in [-0.4, -0.2) is 32.3 Å². The van der Waals surface area contributed by atoms with Gasteiger partial charge in [0.05, 0.1) is 12.1 Å². The van der Waals surface area contributed by atoms with Crippen LogP contribution in [-0.2, 0) is 12.1 Å². The van der Waals surface area contributed by atoms with Crippen LogP contribution in [0.1, 0.15) is 28.7 Å². The average molecular weight is 364 g/mol. The van der Waals surface area contributed by atoms with E-state index in [1.807, 2.05) is 4.57 Å². The smallest absolute Gasteiger partial charge is 0.268 e. The van der Waals surface area contributed by atoms with Crippen LogP contribution in [0.25, 0.3) is 11.4 Å². The fourth-order valence-corrected chi connectivity index (χ4v) is 2.80. The van der Waals surface area contributed by atoms with Crippen molar-refractivity contribution in [1.82, 2.24) is 14.7 Å². The molecule has 27 heavy (non-hydrogen) atoms. The molecule has 0 unspecified atom stereocenters. The van der Waals surface area contributed by atoms with E-state index in [0.29, 0.717) is 41.5 Å². The predicted molar refractivity (Wildman–Crippen MR) is 94.6 cm³/mol. The van der Waals surface area contributed by atoms with E-state index in [-0.39, 0.29) is 5.69 Å². The summed E-state index contributed by atoms with van der Waals surface area (Å²) in [5.41, 5.74) is 5.78. The Morgan fingerprint density at radius 2 is 2.26 bits per heavy atom. The quantitative estimate of drug-likeness (QED) is 0.662. The van der Waals surface area contributed by atoms with Gasteiger partial charge >= 0.3 is 0 Å². The van der Waals surface area contributed by atoms with Crippen LogP contribution >= 0.6 is 0 Å². The number of nitrogens with two attached hydrogens (primary N) is 1. The molecule has 8 heteroatoms. The maximum atomic E-state index is 11.5. The van der Waals surface area contributed by atoms with Gasteiger partial charge in [0.1, 0.15) is 35.8 Å². The highest BCUT2D eigenvalue weighted by Gasteiger charge is 2.24. The van der Waals surface area contributed by atoms with Gasteiger partial charge in [0.2, 0.25) is 0 Å². The third-order valence-corrected chi connectivity index (χ3v) is 4.23. The van der Waals surface area contributed by atoms with Crippen LogP contribution in [0.3, 0.4) is 0 Å². The van der Waals surface area contributed by atoms with Crippen molar-refractivity contribution in [3.05, 3.63) is 53.7 Å². The Kier molecular flexibility index (Phi) is 3.94. The first-order valence-corrected chi connectivity index (χ1v) is 8.25. The maximum Gasteiger partial charge on any atom is 0.268 e. The van der Waals surface area contributed by atoms with Crippen LogP contribution < -0.4 is 10.5 Å². The molecule has 0 aliphatic carbocycles. The molecule has 0 radical (unpaired) electrons. The van der Waals surface area contributed by atoms with Crippen molar-refractivity contribution in [2.75, 3.05) is 6.61 Å². The molecule has 2 aromatic heterocycles. The van der Waals surface area contributed by atoms with E-state index in [1.54, 1.807) is 30.5 Å². The lowest BCUT2D eigenvalue weighted by Gasteiger charge is -2.11. The number of aromatic nitrogens is 3. The number of amides is 1. The fraction of sp³-hybridized carbons (Fsp3) is 0.211. The fourth-order valence-electron chi connectivity index (χ4n) is 2.80. The molecular weight excluding hydrogens is 348 g/mol. The standard InChI is InChI=1S/C19H16N4O4/c1-19(25,16-5-8-27-22-16)6-4-12-2-3-15-13(10-12)18-21-14(17(20)24)11-23(18)7-9-26-15/h2-3,5,8,10-11,25H,7,9H2,1H3,(H2,20,24)/t19-/m1/s1. The van der Waals surface area contributed by atoms with Gasteiger partial charge in [-0.15, -0.1) is 0 Å². The normalized spacial score (nSPS) is 14.6. The molecule has 0 spiro atoms. The van der Waals surface area contributed by atoms with Crippen molar-refractivity contribution < 1.29 is 19.2 Å². The van der Waals surface area contributed by atoms with Crippen molar-refractivity contribution in [3.8, 4) is 29.0 Å². The van der Waals surface area contributed by atoms with E-state index in [0.717, 1.165) is 0 Å². The molecule has 1 aliphatic rings. The lowest BCUT2D eigenvalue weighted by Crippen LogP contribution is -2.18. The van der Waals surface area contributed by atoms with Gasteiger partial charge < -0.3 is 24.7 Å². The van der Waals surface area contributed by atoms with E-state index in [9.17, 15) is 9.90 Å². The van der Waals surface area contributed by atoms with Gasteiger partial charge in [0.25, 0.3) is 5.91 Å². The van der Waals surface area contributed by atoms with E-state index in [2.05, 4.69) is 22.0 Å². The number of ether oxygens (including phenoxy) is 1. The van der Waals surface area contributed by atoms with Crippen molar-refractivity contribution in [2.24, 2.45) is 5.73 Å². The Labute approximate surface area is 154 Å². The molecule has 0 fully saturated rings. The van der Waals surface area contributed by atoms with Crippen LogP contribution in [0.5, 0.6) is 5.75 Å². The summed E-state index contributed by atoms with van der Waals surface area (Å²) in [5, 5.41) is 14.2. The van der Waals surface area contributed by atoms with E-state index < -0.39 is 11.5 Å². The number of imidazole rings is 1. The van der Waals surface area contributed by atoms with Crippen LogP contribution in [0.4, 0.5) is 0 Å². The summed E-state index contributed by atoms with van der Waals surface area (Å²) in [6.07, 6.45) is 2.99. The summed E-state index contributed by atoms with van der Waals surface area (Å²) in [7, 11) is 0. The molecule has 4 rings (SSSR count). The summed E-state index contributed by atoms with van der Waals surface area (Å²) >= 11 is 0. The second kappa shape index (κ2) is 6.30. The van der Waals surface area contributed by atoms with Crippen LogP contribution in [0.15, 0.2) is 41.2 Å². The van der Waals surface area contributed by atoms with Crippen LogP contribution in [0, 0.1) is 11.8 Å². The Balaban J connectivity index is 1.75.